The molecule has 6 nitrogen and oxygen atoms in total. The van der Waals surface area contributed by atoms with Gasteiger partial charge < -0.3 is 5.21 Å². The maximum absolute atomic E-state index is 13.7. The average Bonchev–Trinajstić information content (AvgIpc) is 3.49. The quantitative estimate of drug-likeness (QED) is 0.483. The van der Waals surface area contributed by atoms with E-state index in [1.807, 2.05) is 36.4 Å². The number of carbonyl (C=O) groups excluding carboxylic acids is 2. The van der Waals surface area contributed by atoms with Gasteiger partial charge in [0.15, 0.2) is 5.69 Å². The predicted molar refractivity (Wildman–Crippen MR) is 123 cm³/mol. The first-order valence-electron chi connectivity index (χ1n) is 11.1. The van der Waals surface area contributed by atoms with Gasteiger partial charge in [-0.05, 0) is 46.6 Å². The zero-order valence-corrected chi connectivity index (χ0v) is 17.7. The van der Waals surface area contributed by atoms with Crippen LogP contribution in [0.5, 0.6) is 0 Å². The van der Waals surface area contributed by atoms with E-state index in [1.54, 1.807) is 18.2 Å². The first kappa shape index (κ1) is 20.1. The van der Waals surface area contributed by atoms with E-state index < -0.39 is 17.1 Å². The average molecular weight is 438 g/mol. The molecule has 5 atom stereocenters. The number of hydrogen-bond donors (Lipinski definition) is 2. The Morgan fingerprint density at radius 1 is 0.727 bits per heavy atom. The van der Waals surface area contributed by atoms with Gasteiger partial charge in [0.25, 0.3) is 0 Å². The Morgan fingerprint density at radius 2 is 1.18 bits per heavy atom. The van der Waals surface area contributed by atoms with Gasteiger partial charge in [-0.3, -0.25) is 9.59 Å². The summed E-state index contributed by atoms with van der Waals surface area (Å²) in [6.45, 7) is 0. The van der Waals surface area contributed by atoms with Gasteiger partial charge in [-0.25, -0.2) is 10.1 Å². The van der Waals surface area contributed by atoms with Crippen LogP contribution in [-0.4, -0.2) is 17.0 Å². The molecule has 2 amide bonds. The summed E-state index contributed by atoms with van der Waals surface area (Å²) in [6.07, 6.45) is 0.760. The zero-order valence-electron chi connectivity index (χ0n) is 17.7. The fraction of sp³-hybridized carbons (Fsp3) is 0.185. The first-order valence-corrected chi connectivity index (χ1v) is 11.1. The summed E-state index contributed by atoms with van der Waals surface area (Å²) in [5.41, 5.74) is 4.56. The van der Waals surface area contributed by atoms with E-state index in [0.29, 0.717) is 0 Å². The van der Waals surface area contributed by atoms with Crippen molar-refractivity contribution >= 4 is 34.3 Å². The van der Waals surface area contributed by atoms with Crippen LogP contribution >= 0.6 is 0 Å². The maximum Gasteiger partial charge on any atom is 0.238 e. The third-order valence-electron chi connectivity index (χ3n) is 7.35. The third kappa shape index (κ3) is 2.85. The molecule has 2 bridgehead atoms. The largest absolute Gasteiger partial charge is 0.595 e. The number of fused-ring (bicyclic) bond motifs is 5. The predicted octanol–water partition coefficient (Wildman–Crippen LogP) is 3.46. The molecule has 3 aromatic carbocycles. The lowest BCUT2D eigenvalue weighted by atomic mass is 9.73. The second-order valence-corrected chi connectivity index (χ2v) is 8.89. The van der Waals surface area contributed by atoms with Crippen molar-refractivity contribution in [3.8, 4) is 0 Å². The van der Waals surface area contributed by atoms with Crippen LogP contribution in [0.1, 0.15) is 17.5 Å². The van der Waals surface area contributed by atoms with Crippen molar-refractivity contribution in [1.29, 1.82) is 0 Å². The van der Waals surface area contributed by atoms with E-state index in [0.717, 1.165) is 33.6 Å². The van der Waals surface area contributed by atoms with Gasteiger partial charge in [-0.2, -0.15) is 5.23 Å². The van der Waals surface area contributed by atoms with Crippen molar-refractivity contribution in [2.75, 3.05) is 4.90 Å². The molecule has 1 saturated carbocycles. The van der Waals surface area contributed by atoms with Crippen molar-refractivity contribution < 1.29 is 20.0 Å². The van der Waals surface area contributed by atoms with Gasteiger partial charge in [0.05, 0.1) is 11.8 Å². The molecular weight excluding hydrogens is 416 g/mol. The minimum absolute atomic E-state index is 0.0361. The molecule has 2 fully saturated rings. The molecule has 1 heterocycles. The molecule has 0 radical (unpaired) electrons. The molecule has 2 N–H and O–H groups in total. The van der Waals surface area contributed by atoms with E-state index >= 15 is 0 Å². The highest BCUT2D eigenvalue weighted by atomic mass is 16.8. The zero-order chi connectivity index (χ0) is 22.7. The number of rotatable bonds is 4. The fourth-order valence-corrected chi connectivity index (χ4v) is 6.18. The minimum atomic E-state index is -1.15. The molecule has 3 aliphatic rings. The molecule has 164 valence electrons. The molecule has 1 aliphatic heterocycles. The van der Waals surface area contributed by atoms with E-state index in [9.17, 15) is 20.0 Å². The second-order valence-electron chi connectivity index (χ2n) is 8.89. The van der Waals surface area contributed by atoms with E-state index in [-0.39, 0.29) is 35.0 Å². The summed E-state index contributed by atoms with van der Waals surface area (Å²) in [4.78, 5) is 28.5. The minimum Gasteiger partial charge on any atom is -0.595 e. The van der Waals surface area contributed by atoms with Gasteiger partial charge in [-0.1, -0.05) is 72.8 Å². The number of anilines is 1. The number of para-hydroxylation sites is 2. The van der Waals surface area contributed by atoms with Crippen molar-refractivity contribution in [2.45, 2.75) is 6.42 Å². The number of quaternary nitrogens is 1. The molecule has 0 aromatic heterocycles. The Balaban J connectivity index is 1.49. The molecule has 0 spiro atoms. The maximum atomic E-state index is 13.7. The van der Waals surface area contributed by atoms with Crippen molar-refractivity contribution in [3.05, 3.63) is 101 Å². The fourth-order valence-electron chi connectivity index (χ4n) is 6.18. The Hall–Kier alpha value is -3.58. The van der Waals surface area contributed by atoms with Crippen LogP contribution in [0.25, 0.3) is 11.1 Å². The molecule has 2 aliphatic carbocycles. The standard InChI is InChI=1S/C27H22N2O4/c30-26-24-18-15-19(25(24)27(31)28(26)20-13-7-8-14-21(20)29(32)33)23(17-11-5-2-6-12-17)22(18)16-9-3-1-4-10-16/h1-14,18-19,24-25,29,32H,15H2. The molecular formula is C27H22N2O4. The Bertz CT molecular complexity index is 1210. The van der Waals surface area contributed by atoms with Crippen molar-refractivity contribution in [3.63, 3.8) is 0 Å². The summed E-state index contributed by atoms with van der Waals surface area (Å²) in [5, 5.41) is 20.3. The first-order chi connectivity index (χ1) is 16.1. The highest BCUT2D eigenvalue weighted by molar-refractivity contribution is 6.25. The van der Waals surface area contributed by atoms with Crippen molar-refractivity contribution in [1.82, 2.24) is 0 Å². The van der Waals surface area contributed by atoms with Crippen LogP contribution in [0.15, 0.2) is 84.9 Å². The molecule has 1 saturated heterocycles. The van der Waals surface area contributed by atoms with E-state index in [4.69, 9.17) is 0 Å². The lowest BCUT2D eigenvalue weighted by Gasteiger charge is -2.27. The molecule has 6 rings (SSSR count). The Morgan fingerprint density at radius 3 is 1.67 bits per heavy atom. The molecule has 5 unspecified atom stereocenters. The Labute approximate surface area is 190 Å². The van der Waals surface area contributed by atoms with Crippen LogP contribution in [0, 0.1) is 28.9 Å². The SMILES string of the molecule is O=C1C2C3CC(C(c4ccccc4)=C3c3ccccc3)C2C(=O)N1c1ccccc1[NH+]([O-])O. The highest BCUT2D eigenvalue weighted by Crippen LogP contribution is 2.64. The number of carbonyl (C=O) groups is 2. The number of imide groups is 1. The monoisotopic (exact) mass is 438 g/mol. The molecule has 3 aromatic rings. The number of hydrogen-bond acceptors (Lipinski definition) is 4. The number of nitrogens with zero attached hydrogens (tertiary/aromatic N) is 1. The molecule has 6 heteroatoms. The smallest absolute Gasteiger partial charge is 0.238 e. The Kier molecular flexibility index (Phi) is 4.55. The van der Waals surface area contributed by atoms with Crippen LogP contribution in [0.4, 0.5) is 11.4 Å². The van der Waals surface area contributed by atoms with Gasteiger partial charge >= 0.3 is 0 Å². The van der Waals surface area contributed by atoms with Crippen LogP contribution in [-0.2, 0) is 9.59 Å². The lowest BCUT2D eigenvalue weighted by molar-refractivity contribution is -0.990. The number of nitrogens with one attached hydrogen (secondary N) is 1. The van der Waals surface area contributed by atoms with Gasteiger partial charge in [0.1, 0.15) is 5.69 Å². The normalized spacial score (nSPS) is 26.8. The second kappa shape index (κ2) is 7.49. The summed E-state index contributed by atoms with van der Waals surface area (Å²) in [6, 6.07) is 26.4. The van der Waals surface area contributed by atoms with Gasteiger partial charge in [0, 0.05) is 6.07 Å². The van der Waals surface area contributed by atoms with Crippen LogP contribution in [0.3, 0.4) is 0 Å². The van der Waals surface area contributed by atoms with Crippen molar-refractivity contribution in [2.24, 2.45) is 23.7 Å². The third-order valence-corrected chi connectivity index (χ3v) is 7.35. The van der Waals surface area contributed by atoms with Gasteiger partial charge in [0.2, 0.25) is 11.8 Å². The number of allylic oxidation sites excluding steroid dienone is 2. The van der Waals surface area contributed by atoms with Crippen LogP contribution in [0.2, 0.25) is 0 Å². The summed E-state index contributed by atoms with van der Waals surface area (Å²) in [5.74, 6) is -1.65. The number of amides is 2. The summed E-state index contributed by atoms with van der Waals surface area (Å²) in [7, 11) is 0. The van der Waals surface area contributed by atoms with E-state index in [1.165, 1.54) is 6.07 Å². The highest BCUT2D eigenvalue weighted by Gasteiger charge is 2.64. The van der Waals surface area contributed by atoms with E-state index in [2.05, 4.69) is 24.3 Å². The number of benzene rings is 3. The summed E-state index contributed by atoms with van der Waals surface area (Å²) < 4.78 is 0. The van der Waals surface area contributed by atoms with Gasteiger partial charge in [-0.15, -0.1) is 0 Å². The topological polar surface area (TPSA) is 85.1 Å². The molecule has 33 heavy (non-hydrogen) atoms. The summed E-state index contributed by atoms with van der Waals surface area (Å²) >= 11 is 0. The lowest BCUT2D eigenvalue weighted by Crippen LogP contribution is -2.99. The van der Waals surface area contributed by atoms with Crippen LogP contribution < -0.4 is 10.1 Å².